The summed E-state index contributed by atoms with van der Waals surface area (Å²) in [5.41, 5.74) is 9.59. The van der Waals surface area contributed by atoms with Gasteiger partial charge in [0.25, 0.3) is 15.9 Å². The van der Waals surface area contributed by atoms with Crippen molar-refractivity contribution in [2.24, 2.45) is 5.73 Å². The van der Waals surface area contributed by atoms with E-state index in [4.69, 9.17) is 10.5 Å². The van der Waals surface area contributed by atoms with Crippen LogP contribution in [0.15, 0.2) is 71.6 Å². The number of nitrogens with one attached hydrogen (secondary N) is 1. The Balaban J connectivity index is 2.17. The number of carbonyl (C=O) groups excluding carboxylic acids is 1. The topological polar surface area (TPSA) is 122 Å². The number of carbonyl (C=O) groups is 1. The number of aryl methyl sites for hydroxylation is 1. The molecule has 180 valence electrons. The van der Waals surface area contributed by atoms with Crippen molar-refractivity contribution in [2.45, 2.75) is 37.8 Å². The molecule has 3 aromatic carbocycles. The second-order valence-corrected chi connectivity index (χ2v) is 10.4. The number of amides is 1. The predicted molar refractivity (Wildman–Crippen MR) is 130 cm³/mol. The normalized spacial score (nSPS) is 11.7. The van der Waals surface area contributed by atoms with E-state index in [1.54, 1.807) is 36.7 Å². The van der Waals surface area contributed by atoms with Gasteiger partial charge in [0, 0.05) is 5.54 Å². The summed E-state index contributed by atoms with van der Waals surface area (Å²) in [6.07, 6.45) is 0. The van der Waals surface area contributed by atoms with Gasteiger partial charge in [-0.2, -0.15) is 0 Å². The molecule has 3 aromatic rings. The van der Waals surface area contributed by atoms with Crippen LogP contribution in [0, 0.1) is 6.92 Å². The number of anilines is 1. The van der Waals surface area contributed by atoms with Gasteiger partial charge in [0.1, 0.15) is 5.75 Å². The zero-order valence-corrected chi connectivity index (χ0v) is 20.4. The third-order valence-electron chi connectivity index (χ3n) is 5.50. The molecule has 0 aromatic heterocycles. The number of ether oxygens (including phenoxy) is 1. The third kappa shape index (κ3) is 5.22. The lowest BCUT2D eigenvalue weighted by Gasteiger charge is -2.28. The van der Waals surface area contributed by atoms with E-state index in [0.717, 1.165) is 5.56 Å². The average molecular weight is 484 g/mol. The fraction of sp³-hybridized carbons (Fsp3) is 0.240. The minimum atomic E-state index is -4.11. The summed E-state index contributed by atoms with van der Waals surface area (Å²) >= 11 is 0. The molecule has 0 spiro atoms. The zero-order valence-electron chi connectivity index (χ0n) is 19.6. The Morgan fingerprint density at radius 1 is 1.06 bits per heavy atom. The predicted octanol–water partition coefficient (Wildman–Crippen LogP) is 3.71. The van der Waals surface area contributed by atoms with E-state index in [-0.39, 0.29) is 22.7 Å². The van der Waals surface area contributed by atoms with Crippen molar-refractivity contribution in [1.29, 1.82) is 0 Å². The van der Waals surface area contributed by atoms with Crippen LogP contribution in [0.1, 0.15) is 40.9 Å². The summed E-state index contributed by atoms with van der Waals surface area (Å²) < 4.78 is 34.0. The lowest BCUT2D eigenvalue weighted by Crippen LogP contribution is -2.34. The SMILES string of the molecule is COc1ccc(S(=O)(=O)N(Cc2ccc(C(C)(C)N)cc2)c2c(C)cccc2C(=O)NO)cc1. The minimum Gasteiger partial charge on any atom is -0.497 e. The van der Waals surface area contributed by atoms with Gasteiger partial charge >= 0.3 is 0 Å². The molecule has 0 fully saturated rings. The Morgan fingerprint density at radius 3 is 2.21 bits per heavy atom. The van der Waals surface area contributed by atoms with E-state index in [2.05, 4.69) is 0 Å². The van der Waals surface area contributed by atoms with E-state index >= 15 is 0 Å². The van der Waals surface area contributed by atoms with Crippen LogP contribution in [0.25, 0.3) is 0 Å². The Labute approximate surface area is 200 Å². The number of nitrogens with two attached hydrogens (primary N) is 1. The number of benzene rings is 3. The van der Waals surface area contributed by atoms with Crippen LogP contribution >= 0.6 is 0 Å². The monoisotopic (exact) mass is 483 g/mol. The van der Waals surface area contributed by atoms with Crippen LogP contribution in [0.5, 0.6) is 5.75 Å². The lowest BCUT2D eigenvalue weighted by molar-refractivity contribution is 0.0707. The van der Waals surface area contributed by atoms with Gasteiger partial charge in [-0.05, 0) is 67.8 Å². The number of rotatable bonds is 8. The summed E-state index contributed by atoms with van der Waals surface area (Å²) in [6.45, 7) is 5.43. The number of para-hydroxylation sites is 1. The molecule has 8 nitrogen and oxygen atoms in total. The maximum absolute atomic E-state index is 13.8. The van der Waals surface area contributed by atoms with Gasteiger partial charge in [-0.3, -0.25) is 14.3 Å². The Bertz CT molecular complexity index is 1270. The molecule has 0 bridgehead atoms. The Kier molecular flexibility index (Phi) is 7.30. The lowest BCUT2D eigenvalue weighted by atomic mass is 9.95. The van der Waals surface area contributed by atoms with Crippen molar-refractivity contribution in [1.82, 2.24) is 5.48 Å². The average Bonchev–Trinajstić information content (AvgIpc) is 2.82. The highest BCUT2D eigenvalue weighted by Crippen LogP contribution is 2.33. The first-order valence-corrected chi connectivity index (χ1v) is 12.0. The van der Waals surface area contributed by atoms with Gasteiger partial charge in [-0.1, -0.05) is 36.4 Å². The Morgan fingerprint density at radius 2 is 1.68 bits per heavy atom. The van der Waals surface area contributed by atoms with Gasteiger partial charge in [0.2, 0.25) is 0 Å². The van der Waals surface area contributed by atoms with E-state index < -0.39 is 21.5 Å². The molecule has 34 heavy (non-hydrogen) atoms. The molecule has 0 aliphatic carbocycles. The zero-order chi connectivity index (χ0) is 25.1. The van der Waals surface area contributed by atoms with Crippen molar-refractivity contribution in [3.05, 3.63) is 89.0 Å². The molecule has 1 amide bonds. The highest BCUT2D eigenvalue weighted by Gasteiger charge is 2.30. The number of hydroxylamine groups is 1. The van der Waals surface area contributed by atoms with Crippen LogP contribution < -0.4 is 20.3 Å². The largest absolute Gasteiger partial charge is 0.497 e. The Hall–Kier alpha value is -3.40. The summed E-state index contributed by atoms with van der Waals surface area (Å²) in [6, 6.07) is 18.1. The molecule has 0 saturated carbocycles. The van der Waals surface area contributed by atoms with Crippen molar-refractivity contribution in [3.63, 3.8) is 0 Å². The number of nitrogens with zero attached hydrogens (tertiary/aromatic N) is 1. The molecule has 0 saturated heterocycles. The van der Waals surface area contributed by atoms with Crippen LogP contribution in [0.2, 0.25) is 0 Å². The first kappa shape index (κ1) is 25.2. The van der Waals surface area contributed by atoms with Gasteiger partial charge < -0.3 is 10.5 Å². The summed E-state index contributed by atoms with van der Waals surface area (Å²) in [4.78, 5) is 12.5. The maximum atomic E-state index is 13.8. The molecule has 0 aliphatic heterocycles. The van der Waals surface area contributed by atoms with Crippen LogP contribution in [0.4, 0.5) is 5.69 Å². The molecule has 9 heteroatoms. The highest BCUT2D eigenvalue weighted by molar-refractivity contribution is 7.92. The van der Waals surface area contributed by atoms with Crippen molar-refractivity contribution < 1.29 is 23.2 Å². The van der Waals surface area contributed by atoms with E-state index in [1.807, 2.05) is 38.1 Å². The van der Waals surface area contributed by atoms with Gasteiger partial charge in [0.05, 0.1) is 29.8 Å². The van der Waals surface area contributed by atoms with E-state index in [1.165, 1.54) is 29.6 Å². The molecule has 0 atom stereocenters. The number of sulfonamides is 1. The van der Waals surface area contributed by atoms with E-state index in [0.29, 0.717) is 16.9 Å². The minimum absolute atomic E-state index is 0.0271. The van der Waals surface area contributed by atoms with Crippen LogP contribution in [-0.4, -0.2) is 26.6 Å². The first-order chi connectivity index (χ1) is 16.0. The quantitative estimate of drug-likeness (QED) is 0.332. The second-order valence-electron chi connectivity index (χ2n) is 8.52. The van der Waals surface area contributed by atoms with Crippen molar-refractivity contribution >= 4 is 21.6 Å². The molecule has 0 radical (unpaired) electrons. The molecular weight excluding hydrogens is 454 g/mol. The number of methoxy groups -OCH3 is 1. The fourth-order valence-corrected chi connectivity index (χ4v) is 5.13. The molecule has 0 unspecified atom stereocenters. The van der Waals surface area contributed by atoms with Crippen molar-refractivity contribution in [2.75, 3.05) is 11.4 Å². The van der Waals surface area contributed by atoms with Gasteiger partial charge in [0.15, 0.2) is 0 Å². The summed E-state index contributed by atoms with van der Waals surface area (Å²) in [7, 11) is -2.62. The molecular formula is C25H29N3O5S. The van der Waals surface area contributed by atoms with Crippen molar-refractivity contribution in [3.8, 4) is 5.75 Å². The van der Waals surface area contributed by atoms with E-state index in [9.17, 15) is 18.4 Å². The molecule has 3 rings (SSSR count). The molecule has 4 N–H and O–H groups in total. The second kappa shape index (κ2) is 9.84. The third-order valence-corrected chi connectivity index (χ3v) is 7.26. The highest BCUT2D eigenvalue weighted by atomic mass is 32.2. The smallest absolute Gasteiger partial charge is 0.276 e. The van der Waals surface area contributed by atoms with Crippen LogP contribution in [-0.2, 0) is 22.1 Å². The molecule has 0 heterocycles. The first-order valence-electron chi connectivity index (χ1n) is 10.6. The maximum Gasteiger partial charge on any atom is 0.276 e. The van der Waals surface area contributed by atoms with Gasteiger partial charge in [-0.15, -0.1) is 0 Å². The molecule has 0 aliphatic rings. The summed E-state index contributed by atoms with van der Waals surface area (Å²) in [5, 5.41) is 9.27. The standard InChI is InChI=1S/C25H29N3O5S/c1-17-6-5-7-22(24(29)27-30)23(17)28(16-18-8-10-19(11-9-18)25(2,3)26)34(31,32)21-14-12-20(33-4)13-15-21/h5-15,30H,16,26H2,1-4H3,(H,27,29). The van der Waals surface area contributed by atoms with Crippen LogP contribution in [0.3, 0.4) is 0 Å². The number of hydrogen-bond donors (Lipinski definition) is 3. The van der Waals surface area contributed by atoms with Gasteiger partial charge in [-0.25, -0.2) is 13.9 Å². The fourth-order valence-electron chi connectivity index (χ4n) is 3.60. The summed E-state index contributed by atoms with van der Waals surface area (Å²) in [5.74, 6) is -0.296. The number of hydrogen-bond acceptors (Lipinski definition) is 6.